The highest BCUT2D eigenvalue weighted by Crippen LogP contribution is 2.30. The third kappa shape index (κ3) is 4.55. The molecular formula is C14H17Cl3O2. The van der Waals surface area contributed by atoms with Crippen LogP contribution in [0.4, 0.5) is 0 Å². The zero-order valence-corrected chi connectivity index (χ0v) is 13.4. The lowest BCUT2D eigenvalue weighted by molar-refractivity contribution is 0.0412. The summed E-state index contributed by atoms with van der Waals surface area (Å²) in [6, 6.07) is 2.95. The molecule has 0 saturated carbocycles. The fourth-order valence-corrected chi connectivity index (χ4v) is 2.24. The summed E-state index contributed by atoms with van der Waals surface area (Å²) in [7, 11) is 0. The highest BCUT2D eigenvalue weighted by Gasteiger charge is 2.18. The largest absolute Gasteiger partial charge is 0.462 e. The van der Waals surface area contributed by atoms with Gasteiger partial charge < -0.3 is 4.74 Å². The molecule has 0 N–H and O–H groups in total. The quantitative estimate of drug-likeness (QED) is 0.529. The summed E-state index contributed by atoms with van der Waals surface area (Å²) < 4.78 is 5.26. The van der Waals surface area contributed by atoms with E-state index in [9.17, 15) is 4.79 Å². The topological polar surface area (TPSA) is 26.3 Å². The minimum atomic E-state index is -0.496. The number of carbonyl (C=O) groups is 1. The Balaban J connectivity index is 2.74. The molecule has 2 nitrogen and oxygen atoms in total. The summed E-state index contributed by atoms with van der Waals surface area (Å²) in [5, 5.41) is 0.777. The molecule has 0 heterocycles. The standard InChI is InChI=1S/C14H17Cl3O2/c1-4-8(2)9(3)7-19-14(18)11-5-10(15)6-12(16)13(11)17/h5-6,8-9H,4,7H2,1-3H3. The van der Waals surface area contributed by atoms with Crippen LogP contribution in [0.3, 0.4) is 0 Å². The van der Waals surface area contributed by atoms with Gasteiger partial charge in [0.2, 0.25) is 0 Å². The molecule has 19 heavy (non-hydrogen) atoms. The molecule has 0 amide bonds. The van der Waals surface area contributed by atoms with Crippen molar-refractivity contribution in [3.63, 3.8) is 0 Å². The van der Waals surface area contributed by atoms with Crippen molar-refractivity contribution in [2.75, 3.05) is 6.61 Å². The first-order chi connectivity index (χ1) is 8.86. The first-order valence-electron chi connectivity index (χ1n) is 6.18. The molecule has 0 fully saturated rings. The van der Waals surface area contributed by atoms with E-state index in [2.05, 4.69) is 13.8 Å². The summed E-state index contributed by atoms with van der Waals surface area (Å²) in [5.41, 5.74) is 0.204. The molecule has 0 spiro atoms. The van der Waals surface area contributed by atoms with E-state index in [1.165, 1.54) is 12.1 Å². The van der Waals surface area contributed by atoms with Crippen LogP contribution in [0.15, 0.2) is 12.1 Å². The third-order valence-corrected chi connectivity index (χ3v) is 4.33. The van der Waals surface area contributed by atoms with Crippen LogP contribution >= 0.6 is 34.8 Å². The van der Waals surface area contributed by atoms with Gasteiger partial charge in [-0.1, -0.05) is 62.0 Å². The lowest BCUT2D eigenvalue weighted by Crippen LogP contribution is -2.17. The van der Waals surface area contributed by atoms with Crippen LogP contribution in [0, 0.1) is 11.8 Å². The maximum atomic E-state index is 12.0. The van der Waals surface area contributed by atoms with E-state index < -0.39 is 5.97 Å². The Morgan fingerprint density at radius 2 is 1.84 bits per heavy atom. The number of hydrogen-bond acceptors (Lipinski definition) is 2. The van der Waals surface area contributed by atoms with Gasteiger partial charge in [0.05, 0.1) is 22.2 Å². The number of halogens is 3. The zero-order valence-electron chi connectivity index (χ0n) is 11.2. The second-order valence-electron chi connectivity index (χ2n) is 4.71. The number of carbonyl (C=O) groups excluding carboxylic acids is 1. The minimum Gasteiger partial charge on any atom is -0.462 e. The second-order valence-corrected chi connectivity index (χ2v) is 5.93. The molecular weight excluding hydrogens is 307 g/mol. The van der Waals surface area contributed by atoms with Crippen LogP contribution in [0.2, 0.25) is 15.1 Å². The highest BCUT2D eigenvalue weighted by molar-refractivity contribution is 6.45. The molecule has 106 valence electrons. The molecule has 2 unspecified atom stereocenters. The van der Waals surface area contributed by atoms with Gasteiger partial charge in [0.25, 0.3) is 0 Å². The van der Waals surface area contributed by atoms with Crippen LogP contribution in [-0.2, 0) is 4.74 Å². The van der Waals surface area contributed by atoms with Gasteiger partial charge in [-0.05, 0) is 24.0 Å². The van der Waals surface area contributed by atoms with Gasteiger partial charge in [-0.2, -0.15) is 0 Å². The molecule has 0 aliphatic rings. The van der Waals surface area contributed by atoms with Crippen molar-refractivity contribution in [2.45, 2.75) is 27.2 Å². The van der Waals surface area contributed by atoms with Crippen LogP contribution < -0.4 is 0 Å². The average Bonchev–Trinajstić information content (AvgIpc) is 2.38. The zero-order chi connectivity index (χ0) is 14.6. The van der Waals surface area contributed by atoms with Crippen LogP contribution in [0.25, 0.3) is 0 Å². The SMILES string of the molecule is CCC(C)C(C)COC(=O)c1cc(Cl)cc(Cl)c1Cl. The van der Waals surface area contributed by atoms with E-state index in [1.807, 2.05) is 6.92 Å². The molecule has 0 radical (unpaired) electrons. The van der Waals surface area contributed by atoms with Gasteiger partial charge in [-0.15, -0.1) is 0 Å². The van der Waals surface area contributed by atoms with Gasteiger partial charge in [-0.25, -0.2) is 4.79 Å². The minimum absolute atomic E-state index is 0.173. The lowest BCUT2D eigenvalue weighted by atomic mass is 9.94. The molecule has 2 atom stereocenters. The van der Waals surface area contributed by atoms with Gasteiger partial charge in [0, 0.05) is 5.02 Å². The smallest absolute Gasteiger partial charge is 0.339 e. The van der Waals surface area contributed by atoms with Crippen molar-refractivity contribution in [1.29, 1.82) is 0 Å². The summed E-state index contributed by atoms with van der Waals surface area (Å²) in [6.45, 7) is 6.64. The molecule has 0 aromatic heterocycles. The number of esters is 1. The molecule has 1 rings (SSSR count). The van der Waals surface area contributed by atoms with Crippen molar-refractivity contribution >= 4 is 40.8 Å². The fraction of sp³-hybridized carbons (Fsp3) is 0.500. The van der Waals surface area contributed by atoms with E-state index in [4.69, 9.17) is 39.5 Å². The first kappa shape index (κ1) is 16.6. The molecule has 0 bridgehead atoms. The number of benzene rings is 1. The summed E-state index contributed by atoms with van der Waals surface area (Å²) in [6.07, 6.45) is 1.04. The van der Waals surface area contributed by atoms with Crippen molar-refractivity contribution < 1.29 is 9.53 Å². The Morgan fingerprint density at radius 3 is 2.42 bits per heavy atom. The van der Waals surface area contributed by atoms with E-state index in [-0.39, 0.29) is 15.6 Å². The highest BCUT2D eigenvalue weighted by atomic mass is 35.5. The Bertz CT molecular complexity index is 460. The van der Waals surface area contributed by atoms with E-state index in [0.717, 1.165) is 6.42 Å². The number of rotatable bonds is 5. The van der Waals surface area contributed by atoms with Crippen LogP contribution in [0.5, 0.6) is 0 Å². The van der Waals surface area contributed by atoms with E-state index in [0.29, 0.717) is 23.5 Å². The van der Waals surface area contributed by atoms with Crippen LogP contribution in [0.1, 0.15) is 37.6 Å². The van der Waals surface area contributed by atoms with Crippen LogP contribution in [-0.4, -0.2) is 12.6 Å². The molecule has 1 aromatic rings. The number of ether oxygens (including phenoxy) is 1. The van der Waals surface area contributed by atoms with E-state index in [1.54, 1.807) is 0 Å². The van der Waals surface area contributed by atoms with Crippen molar-refractivity contribution in [2.24, 2.45) is 11.8 Å². The molecule has 1 aromatic carbocycles. The summed E-state index contributed by atoms with van der Waals surface area (Å²) in [4.78, 5) is 12.0. The molecule has 0 aliphatic carbocycles. The Kier molecular flexibility index (Phi) is 6.45. The third-order valence-electron chi connectivity index (χ3n) is 3.31. The predicted molar refractivity (Wildman–Crippen MR) is 80.4 cm³/mol. The molecule has 0 saturated heterocycles. The average molecular weight is 324 g/mol. The first-order valence-corrected chi connectivity index (χ1v) is 7.31. The van der Waals surface area contributed by atoms with Gasteiger partial charge in [0.1, 0.15) is 0 Å². The van der Waals surface area contributed by atoms with E-state index >= 15 is 0 Å². The van der Waals surface area contributed by atoms with Gasteiger partial charge >= 0.3 is 5.97 Å². The van der Waals surface area contributed by atoms with Crippen molar-refractivity contribution in [3.05, 3.63) is 32.8 Å². The van der Waals surface area contributed by atoms with Gasteiger partial charge in [0.15, 0.2) is 0 Å². The second kappa shape index (κ2) is 7.37. The summed E-state index contributed by atoms with van der Waals surface area (Å²) >= 11 is 17.7. The van der Waals surface area contributed by atoms with Crippen molar-refractivity contribution in [3.8, 4) is 0 Å². The molecule has 0 aliphatic heterocycles. The van der Waals surface area contributed by atoms with Crippen molar-refractivity contribution in [1.82, 2.24) is 0 Å². The normalized spacial score (nSPS) is 14.0. The van der Waals surface area contributed by atoms with Gasteiger partial charge in [-0.3, -0.25) is 0 Å². The predicted octanol–water partition coefficient (Wildman–Crippen LogP) is 5.49. The summed E-state index contributed by atoms with van der Waals surface area (Å²) in [5.74, 6) is 0.290. The fourth-order valence-electron chi connectivity index (χ4n) is 1.56. The maximum Gasteiger partial charge on any atom is 0.339 e. The Labute approximate surface area is 129 Å². The Morgan fingerprint density at radius 1 is 1.21 bits per heavy atom. The maximum absolute atomic E-state index is 12.0. The lowest BCUT2D eigenvalue weighted by Gasteiger charge is -2.18. The monoisotopic (exact) mass is 322 g/mol. The number of hydrogen-bond donors (Lipinski definition) is 0. The molecule has 5 heteroatoms. The Hall–Kier alpha value is -0.440.